The molecule has 0 spiro atoms. The number of rotatable bonds is 4. The van der Waals surface area contributed by atoms with E-state index in [1.165, 1.54) is 12.8 Å². The molecule has 1 amide bonds. The topological polar surface area (TPSA) is 64.9 Å². The summed E-state index contributed by atoms with van der Waals surface area (Å²) in [7, 11) is 0. The second-order valence-corrected chi connectivity index (χ2v) is 5.14. The zero-order chi connectivity index (χ0) is 14.4. The van der Waals surface area contributed by atoms with Gasteiger partial charge in [0.2, 0.25) is 0 Å². The number of benzene rings is 1. The number of aryl methyl sites for hydroxylation is 1. The first-order valence-corrected chi connectivity index (χ1v) is 6.93. The molecular weight excluding hydrogens is 250 g/mol. The molecule has 1 fully saturated rings. The van der Waals surface area contributed by atoms with Crippen molar-refractivity contribution in [2.45, 2.75) is 38.6 Å². The van der Waals surface area contributed by atoms with Crippen LogP contribution in [0.25, 0.3) is 0 Å². The van der Waals surface area contributed by atoms with Crippen molar-refractivity contribution in [1.82, 2.24) is 5.32 Å². The Kier molecular flexibility index (Phi) is 4.78. The molecule has 0 unspecified atom stereocenters. The molecule has 20 heavy (non-hydrogen) atoms. The van der Waals surface area contributed by atoms with E-state index in [4.69, 9.17) is 5.26 Å². The first-order valence-electron chi connectivity index (χ1n) is 6.93. The highest BCUT2D eigenvalue weighted by atomic mass is 16.1. The van der Waals surface area contributed by atoms with Crippen LogP contribution in [0.1, 0.15) is 31.2 Å². The third kappa shape index (κ3) is 3.86. The van der Waals surface area contributed by atoms with Crippen LogP contribution in [0.3, 0.4) is 0 Å². The van der Waals surface area contributed by atoms with E-state index in [1.54, 1.807) is 6.20 Å². The fourth-order valence-corrected chi connectivity index (χ4v) is 2.36. The largest absolute Gasteiger partial charge is 0.387 e. The molecule has 0 heterocycles. The Bertz CT molecular complexity index is 551. The van der Waals surface area contributed by atoms with Gasteiger partial charge in [0, 0.05) is 17.9 Å². The average molecular weight is 269 g/mol. The highest BCUT2D eigenvalue weighted by Gasteiger charge is 2.15. The van der Waals surface area contributed by atoms with Gasteiger partial charge in [-0.2, -0.15) is 5.26 Å². The number of nitrogens with zero attached hydrogens (tertiary/aromatic N) is 1. The molecule has 4 nitrogen and oxygen atoms in total. The number of carbonyl (C=O) groups excluding carboxylic acids is 1. The molecule has 0 radical (unpaired) electrons. The summed E-state index contributed by atoms with van der Waals surface area (Å²) in [5, 5.41) is 15.0. The minimum atomic E-state index is -0.372. The fourth-order valence-electron chi connectivity index (χ4n) is 2.36. The SMILES string of the molecule is Cc1cccc(NC(=O)/C(C#N)=C\NC2CCCC2)c1. The smallest absolute Gasteiger partial charge is 0.267 e. The van der Waals surface area contributed by atoms with Gasteiger partial charge in [0.05, 0.1) is 0 Å². The minimum Gasteiger partial charge on any atom is -0.387 e. The molecule has 0 atom stereocenters. The van der Waals surface area contributed by atoms with Crippen molar-refractivity contribution in [3.05, 3.63) is 41.6 Å². The first kappa shape index (κ1) is 14.1. The Morgan fingerprint density at radius 3 is 2.80 bits per heavy atom. The maximum Gasteiger partial charge on any atom is 0.267 e. The molecule has 0 aliphatic heterocycles. The summed E-state index contributed by atoms with van der Waals surface area (Å²) >= 11 is 0. The van der Waals surface area contributed by atoms with Crippen LogP contribution in [-0.4, -0.2) is 11.9 Å². The van der Waals surface area contributed by atoms with Crippen molar-refractivity contribution < 1.29 is 4.79 Å². The lowest BCUT2D eigenvalue weighted by molar-refractivity contribution is -0.112. The highest BCUT2D eigenvalue weighted by Crippen LogP contribution is 2.17. The van der Waals surface area contributed by atoms with Crippen LogP contribution in [0.2, 0.25) is 0 Å². The van der Waals surface area contributed by atoms with Gasteiger partial charge in [0.15, 0.2) is 0 Å². The predicted molar refractivity (Wildman–Crippen MR) is 78.9 cm³/mol. The van der Waals surface area contributed by atoms with E-state index >= 15 is 0 Å². The van der Waals surface area contributed by atoms with Crippen LogP contribution in [0.15, 0.2) is 36.0 Å². The number of nitrogens with one attached hydrogen (secondary N) is 2. The van der Waals surface area contributed by atoms with Crippen LogP contribution in [-0.2, 0) is 4.79 Å². The van der Waals surface area contributed by atoms with Crippen LogP contribution in [0.5, 0.6) is 0 Å². The van der Waals surface area contributed by atoms with Crippen LogP contribution in [0, 0.1) is 18.3 Å². The van der Waals surface area contributed by atoms with Crippen molar-refractivity contribution in [1.29, 1.82) is 5.26 Å². The Morgan fingerprint density at radius 2 is 2.15 bits per heavy atom. The predicted octanol–water partition coefficient (Wildman–Crippen LogP) is 2.87. The summed E-state index contributed by atoms with van der Waals surface area (Å²) < 4.78 is 0. The number of carbonyl (C=O) groups is 1. The molecule has 0 bridgehead atoms. The summed E-state index contributed by atoms with van der Waals surface area (Å²) in [6.45, 7) is 1.96. The van der Waals surface area contributed by atoms with Gasteiger partial charge in [-0.3, -0.25) is 4.79 Å². The van der Waals surface area contributed by atoms with Gasteiger partial charge in [-0.05, 0) is 37.5 Å². The lowest BCUT2D eigenvalue weighted by Crippen LogP contribution is -2.23. The van der Waals surface area contributed by atoms with E-state index in [2.05, 4.69) is 10.6 Å². The van der Waals surface area contributed by atoms with Gasteiger partial charge >= 0.3 is 0 Å². The van der Waals surface area contributed by atoms with Crippen molar-refractivity contribution in [2.75, 3.05) is 5.32 Å². The van der Waals surface area contributed by atoms with E-state index in [0.29, 0.717) is 11.7 Å². The van der Waals surface area contributed by atoms with Gasteiger partial charge in [-0.1, -0.05) is 25.0 Å². The summed E-state index contributed by atoms with van der Waals surface area (Å²) in [6, 6.07) is 9.85. The van der Waals surface area contributed by atoms with Crippen LogP contribution in [0.4, 0.5) is 5.69 Å². The van der Waals surface area contributed by atoms with Gasteiger partial charge in [0.1, 0.15) is 11.6 Å². The maximum atomic E-state index is 12.0. The van der Waals surface area contributed by atoms with Crippen LogP contribution >= 0.6 is 0 Å². The van der Waals surface area contributed by atoms with Crippen molar-refractivity contribution in [3.63, 3.8) is 0 Å². The highest BCUT2D eigenvalue weighted by molar-refractivity contribution is 6.06. The van der Waals surface area contributed by atoms with Crippen molar-refractivity contribution in [3.8, 4) is 6.07 Å². The molecule has 1 saturated carbocycles. The molecule has 1 aliphatic rings. The zero-order valence-electron chi connectivity index (χ0n) is 11.6. The molecule has 0 aromatic heterocycles. The fraction of sp³-hybridized carbons (Fsp3) is 0.375. The van der Waals surface area contributed by atoms with Crippen LogP contribution < -0.4 is 10.6 Å². The summed E-state index contributed by atoms with van der Waals surface area (Å²) in [5.41, 5.74) is 1.88. The zero-order valence-corrected chi connectivity index (χ0v) is 11.6. The average Bonchev–Trinajstić information content (AvgIpc) is 2.92. The minimum absolute atomic E-state index is 0.110. The van der Waals surface area contributed by atoms with Crippen molar-refractivity contribution >= 4 is 11.6 Å². The Hall–Kier alpha value is -2.28. The number of amides is 1. The lowest BCUT2D eigenvalue weighted by Gasteiger charge is -2.10. The van der Waals surface area contributed by atoms with Gasteiger partial charge in [-0.15, -0.1) is 0 Å². The van der Waals surface area contributed by atoms with Gasteiger partial charge < -0.3 is 10.6 Å². The quantitative estimate of drug-likeness (QED) is 0.652. The Morgan fingerprint density at radius 1 is 1.40 bits per heavy atom. The standard InChI is InChI=1S/C16H19N3O/c1-12-5-4-8-15(9-12)19-16(20)13(10-17)11-18-14-6-2-3-7-14/h4-5,8-9,11,14,18H,2-3,6-7H2,1H3,(H,19,20)/b13-11-. The Labute approximate surface area is 119 Å². The number of anilines is 1. The normalized spacial score (nSPS) is 15.7. The first-order chi connectivity index (χ1) is 9.69. The lowest BCUT2D eigenvalue weighted by atomic mass is 10.2. The molecule has 0 saturated heterocycles. The molecular formula is C16H19N3O. The third-order valence-corrected chi connectivity index (χ3v) is 3.46. The number of hydrogen-bond acceptors (Lipinski definition) is 3. The van der Waals surface area contributed by atoms with Gasteiger partial charge in [0.25, 0.3) is 5.91 Å². The molecule has 4 heteroatoms. The van der Waals surface area contributed by atoms with E-state index in [0.717, 1.165) is 18.4 Å². The molecule has 2 N–H and O–H groups in total. The molecule has 1 aromatic carbocycles. The van der Waals surface area contributed by atoms with Gasteiger partial charge in [-0.25, -0.2) is 0 Å². The summed E-state index contributed by atoms with van der Waals surface area (Å²) in [5.74, 6) is -0.372. The van der Waals surface area contributed by atoms with E-state index in [1.807, 2.05) is 37.3 Å². The number of hydrogen-bond donors (Lipinski definition) is 2. The molecule has 1 aliphatic carbocycles. The molecule has 2 rings (SSSR count). The molecule has 1 aromatic rings. The second-order valence-electron chi connectivity index (χ2n) is 5.14. The van der Waals surface area contributed by atoms with E-state index in [-0.39, 0.29) is 11.5 Å². The summed E-state index contributed by atoms with van der Waals surface area (Å²) in [4.78, 5) is 12.0. The second kappa shape index (κ2) is 6.76. The van der Waals surface area contributed by atoms with E-state index in [9.17, 15) is 4.79 Å². The van der Waals surface area contributed by atoms with E-state index < -0.39 is 0 Å². The molecule has 104 valence electrons. The summed E-state index contributed by atoms with van der Waals surface area (Å²) in [6.07, 6.45) is 6.18. The monoisotopic (exact) mass is 269 g/mol. The van der Waals surface area contributed by atoms with Crippen molar-refractivity contribution in [2.24, 2.45) is 0 Å². The Balaban J connectivity index is 1.98. The third-order valence-electron chi connectivity index (χ3n) is 3.46. The maximum absolute atomic E-state index is 12.0. The number of nitriles is 1.